The first kappa shape index (κ1) is 14.6. The molecule has 3 nitrogen and oxygen atoms in total. The lowest BCUT2D eigenvalue weighted by Gasteiger charge is -2.17. The fourth-order valence-corrected chi connectivity index (χ4v) is 1.44. The number of hydrogen-bond acceptors (Lipinski definition) is 2. The van der Waals surface area contributed by atoms with Gasteiger partial charge in [-0.15, -0.1) is 0 Å². The maximum atomic E-state index is 13.2. The van der Waals surface area contributed by atoms with Crippen LogP contribution in [-0.2, 0) is 4.79 Å². The molecule has 8 heteroatoms. The number of para-hydroxylation sites is 1. The quantitative estimate of drug-likeness (QED) is 0.836. The Morgan fingerprint density at radius 2 is 2.06 bits per heavy atom. The van der Waals surface area contributed by atoms with Crippen LogP contribution >= 0.6 is 11.6 Å². The van der Waals surface area contributed by atoms with Crippen molar-refractivity contribution in [2.45, 2.75) is 6.18 Å². The molecule has 0 aliphatic carbocycles. The van der Waals surface area contributed by atoms with E-state index in [1.165, 1.54) is 12.1 Å². The fourth-order valence-electron chi connectivity index (χ4n) is 1.21. The van der Waals surface area contributed by atoms with Crippen LogP contribution < -0.4 is 5.32 Å². The van der Waals surface area contributed by atoms with Gasteiger partial charge in [0.05, 0.1) is 10.7 Å². The number of carboxylic acid groups (broad SMARTS) is 1. The highest BCUT2D eigenvalue weighted by atomic mass is 35.5. The molecule has 2 N–H and O–H groups in total. The zero-order valence-corrected chi connectivity index (χ0v) is 9.52. The molecule has 0 saturated heterocycles. The molecule has 1 aromatic carbocycles. The van der Waals surface area contributed by atoms with Crippen LogP contribution in [0.4, 0.5) is 23.2 Å². The average molecular weight is 286 g/mol. The van der Waals surface area contributed by atoms with Gasteiger partial charge in [0, 0.05) is 6.54 Å². The molecule has 0 heterocycles. The second kappa shape index (κ2) is 5.43. The van der Waals surface area contributed by atoms with Gasteiger partial charge in [0.25, 0.3) is 0 Å². The molecule has 0 amide bonds. The van der Waals surface area contributed by atoms with E-state index in [1.807, 2.05) is 0 Å². The third-order valence-electron chi connectivity index (χ3n) is 2.14. The minimum atomic E-state index is -4.92. The van der Waals surface area contributed by atoms with Crippen LogP contribution in [0.2, 0.25) is 5.02 Å². The predicted molar refractivity (Wildman–Crippen MR) is 57.1 cm³/mol. The van der Waals surface area contributed by atoms with Crippen molar-refractivity contribution in [3.05, 3.63) is 29.0 Å². The molecule has 0 radical (unpaired) electrons. The molecule has 0 bridgehead atoms. The van der Waals surface area contributed by atoms with E-state index in [4.69, 9.17) is 16.7 Å². The van der Waals surface area contributed by atoms with Crippen molar-refractivity contribution in [2.24, 2.45) is 5.92 Å². The minimum Gasteiger partial charge on any atom is -0.481 e. The summed E-state index contributed by atoms with van der Waals surface area (Å²) in [5.74, 6) is -5.52. The van der Waals surface area contributed by atoms with Gasteiger partial charge in [-0.25, -0.2) is 4.39 Å². The van der Waals surface area contributed by atoms with Crippen molar-refractivity contribution in [1.29, 1.82) is 0 Å². The van der Waals surface area contributed by atoms with Crippen molar-refractivity contribution in [3.8, 4) is 0 Å². The second-order valence-corrected chi connectivity index (χ2v) is 3.82. The Hall–Kier alpha value is -1.50. The Bertz CT molecular complexity index is 430. The number of alkyl halides is 3. The van der Waals surface area contributed by atoms with Crippen molar-refractivity contribution in [2.75, 3.05) is 11.9 Å². The number of rotatable bonds is 4. The van der Waals surface area contributed by atoms with E-state index >= 15 is 0 Å². The molecule has 1 rings (SSSR count). The monoisotopic (exact) mass is 285 g/mol. The van der Waals surface area contributed by atoms with E-state index in [-0.39, 0.29) is 10.7 Å². The van der Waals surface area contributed by atoms with E-state index in [0.717, 1.165) is 6.07 Å². The number of carboxylic acids is 1. The van der Waals surface area contributed by atoms with Crippen LogP contribution in [0.5, 0.6) is 0 Å². The van der Waals surface area contributed by atoms with Gasteiger partial charge in [-0.2, -0.15) is 13.2 Å². The molecule has 0 aliphatic rings. The number of halogens is 5. The normalized spacial score (nSPS) is 13.2. The number of carbonyl (C=O) groups is 1. The summed E-state index contributed by atoms with van der Waals surface area (Å²) in [6.07, 6.45) is -4.92. The summed E-state index contributed by atoms with van der Waals surface area (Å²) in [6.45, 7) is -1.00. The second-order valence-electron chi connectivity index (χ2n) is 3.41. The lowest BCUT2D eigenvalue weighted by Crippen LogP contribution is -2.36. The smallest absolute Gasteiger partial charge is 0.403 e. The Labute approximate surface area is 104 Å². The van der Waals surface area contributed by atoms with E-state index in [9.17, 15) is 22.4 Å². The molecule has 1 atom stereocenters. The summed E-state index contributed by atoms with van der Waals surface area (Å²) in [5.41, 5.74) is -0.352. The van der Waals surface area contributed by atoms with Crippen molar-refractivity contribution < 1.29 is 27.5 Å². The Morgan fingerprint density at radius 1 is 1.44 bits per heavy atom. The third kappa shape index (κ3) is 3.49. The standard InChI is InChI=1S/C10H8ClF4NO2/c11-6-2-1-3-7(12)8(6)16-4-5(9(17)18)10(13,14)15/h1-3,5,16H,4H2,(H,17,18). The zero-order valence-electron chi connectivity index (χ0n) is 8.76. The first-order valence-electron chi connectivity index (χ1n) is 4.71. The van der Waals surface area contributed by atoms with Gasteiger partial charge in [-0.1, -0.05) is 17.7 Å². The van der Waals surface area contributed by atoms with Crippen molar-refractivity contribution in [1.82, 2.24) is 0 Å². The summed E-state index contributed by atoms with van der Waals surface area (Å²) < 4.78 is 50.2. The molecule has 18 heavy (non-hydrogen) atoms. The van der Waals surface area contributed by atoms with E-state index in [0.29, 0.717) is 0 Å². The van der Waals surface area contributed by atoms with Gasteiger partial charge in [0.2, 0.25) is 0 Å². The molecule has 0 aliphatic heterocycles. The first-order valence-corrected chi connectivity index (χ1v) is 5.08. The SMILES string of the molecule is O=C(O)C(CNc1c(F)cccc1Cl)C(F)(F)F. The average Bonchev–Trinajstić information content (AvgIpc) is 2.19. The molecule has 1 unspecified atom stereocenters. The van der Waals surface area contributed by atoms with Crippen molar-refractivity contribution in [3.63, 3.8) is 0 Å². The Balaban J connectivity index is 2.83. The summed E-state index contributed by atoms with van der Waals surface area (Å²) in [5, 5.41) is 10.4. The number of nitrogens with one attached hydrogen (secondary N) is 1. The highest BCUT2D eigenvalue weighted by molar-refractivity contribution is 6.33. The molecule has 0 aromatic heterocycles. The Kier molecular flexibility index (Phi) is 4.39. The maximum absolute atomic E-state index is 13.2. The molecule has 0 fully saturated rings. The van der Waals surface area contributed by atoms with E-state index < -0.39 is 30.4 Å². The van der Waals surface area contributed by atoms with Crippen molar-refractivity contribution >= 4 is 23.3 Å². The van der Waals surface area contributed by atoms with Gasteiger partial charge in [0.15, 0.2) is 5.92 Å². The zero-order chi connectivity index (χ0) is 13.9. The molecule has 1 aromatic rings. The minimum absolute atomic E-state index is 0.124. The fraction of sp³-hybridized carbons (Fsp3) is 0.300. The summed E-state index contributed by atoms with van der Waals surface area (Å²) in [6, 6.07) is 3.55. The number of hydrogen-bond donors (Lipinski definition) is 2. The van der Waals surface area contributed by atoms with Gasteiger partial charge < -0.3 is 10.4 Å². The lowest BCUT2D eigenvalue weighted by atomic mass is 10.1. The largest absolute Gasteiger partial charge is 0.481 e. The number of anilines is 1. The van der Waals surface area contributed by atoms with Crippen LogP contribution in [-0.4, -0.2) is 23.8 Å². The maximum Gasteiger partial charge on any atom is 0.403 e. The van der Waals surface area contributed by atoms with E-state index in [1.54, 1.807) is 0 Å². The highest BCUT2D eigenvalue weighted by Crippen LogP contribution is 2.29. The molecule has 0 spiro atoms. The summed E-state index contributed by atoms with van der Waals surface area (Å²) in [4.78, 5) is 10.5. The van der Waals surface area contributed by atoms with Gasteiger partial charge in [-0.05, 0) is 12.1 Å². The number of aliphatic carboxylic acids is 1. The van der Waals surface area contributed by atoms with Crippen LogP contribution in [0.3, 0.4) is 0 Å². The van der Waals surface area contributed by atoms with Gasteiger partial charge in [-0.3, -0.25) is 4.79 Å². The predicted octanol–water partition coefficient (Wildman–Crippen LogP) is 3.15. The summed E-state index contributed by atoms with van der Waals surface area (Å²) in [7, 11) is 0. The van der Waals surface area contributed by atoms with Crippen LogP contribution in [0.1, 0.15) is 0 Å². The van der Waals surface area contributed by atoms with Gasteiger partial charge in [0.1, 0.15) is 5.82 Å². The molecular formula is C10H8ClF4NO2. The number of benzene rings is 1. The molecule has 100 valence electrons. The van der Waals surface area contributed by atoms with Gasteiger partial charge >= 0.3 is 12.1 Å². The first-order chi connectivity index (χ1) is 8.23. The third-order valence-corrected chi connectivity index (χ3v) is 2.45. The molecule has 0 saturated carbocycles. The van der Waals surface area contributed by atoms with Crippen LogP contribution in [0.15, 0.2) is 18.2 Å². The Morgan fingerprint density at radius 3 is 2.50 bits per heavy atom. The van der Waals surface area contributed by atoms with Crippen LogP contribution in [0, 0.1) is 11.7 Å². The highest BCUT2D eigenvalue weighted by Gasteiger charge is 2.45. The lowest BCUT2D eigenvalue weighted by molar-refractivity contribution is -0.190. The van der Waals surface area contributed by atoms with E-state index in [2.05, 4.69) is 5.32 Å². The molecular weight excluding hydrogens is 278 g/mol. The topological polar surface area (TPSA) is 49.3 Å². The summed E-state index contributed by atoms with van der Waals surface area (Å²) >= 11 is 5.58. The van der Waals surface area contributed by atoms with Crippen LogP contribution in [0.25, 0.3) is 0 Å².